The summed E-state index contributed by atoms with van der Waals surface area (Å²) in [4.78, 5) is 0.222. The molecular weight excluding hydrogens is 275 g/mol. The minimum atomic E-state index is -3.45. The highest BCUT2D eigenvalue weighted by Gasteiger charge is 2.11. The molecule has 0 bridgehead atoms. The fourth-order valence-corrected chi connectivity index (χ4v) is 2.68. The molecule has 0 radical (unpaired) electrons. The summed E-state index contributed by atoms with van der Waals surface area (Å²) in [6, 6.07) is 6.72. The highest BCUT2D eigenvalue weighted by molar-refractivity contribution is 7.88. The second-order valence-corrected chi connectivity index (χ2v) is 6.01. The van der Waals surface area contributed by atoms with E-state index in [1.165, 1.54) is 0 Å². The Hall–Kier alpha value is -1.05. The molecule has 0 saturated heterocycles. The van der Waals surface area contributed by atoms with Gasteiger partial charge in [0.15, 0.2) is 0 Å². The smallest absolute Gasteiger partial charge is 0.215 e. The van der Waals surface area contributed by atoms with Crippen LogP contribution in [0.15, 0.2) is 24.3 Å². The van der Waals surface area contributed by atoms with Gasteiger partial charge in [0.25, 0.3) is 0 Å². The Morgan fingerprint density at radius 1 is 1.44 bits per heavy atom. The van der Waals surface area contributed by atoms with Crippen LogP contribution in [0.4, 0.5) is 4.39 Å². The molecule has 0 amide bonds. The Bertz CT molecular complexity index is 518. The van der Waals surface area contributed by atoms with Gasteiger partial charge in [-0.15, -0.1) is 0 Å². The molecule has 0 unspecified atom stereocenters. The fourth-order valence-electron chi connectivity index (χ4n) is 1.38. The van der Waals surface area contributed by atoms with E-state index in [0.717, 1.165) is 0 Å². The van der Waals surface area contributed by atoms with Crippen molar-refractivity contribution in [2.45, 2.75) is 12.2 Å². The van der Waals surface area contributed by atoms with E-state index in [4.69, 9.17) is 18.0 Å². The Balaban J connectivity index is 2.72. The number of nitrogens with one attached hydrogen (secondary N) is 1. The lowest BCUT2D eigenvalue weighted by Crippen LogP contribution is -2.26. The number of halogens is 1. The first-order chi connectivity index (χ1) is 8.44. The molecule has 0 saturated carbocycles. The van der Waals surface area contributed by atoms with Crippen molar-refractivity contribution in [3.05, 3.63) is 35.4 Å². The molecule has 1 aromatic rings. The van der Waals surface area contributed by atoms with Gasteiger partial charge in [-0.05, 0) is 18.1 Å². The third-order valence-corrected chi connectivity index (χ3v) is 3.79. The standard InChI is InChI=1S/C11H15FN2O2S2/c12-5-2-6-14-18(15,16)8-9-3-1-4-10(7-9)11(13)17/h1,3-4,7,14H,2,5-6,8H2,(H2,13,17). The zero-order valence-corrected chi connectivity index (χ0v) is 11.4. The van der Waals surface area contributed by atoms with Crippen molar-refractivity contribution in [3.63, 3.8) is 0 Å². The zero-order valence-electron chi connectivity index (χ0n) is 9.73. The van der Waals surface area contributed by atoms with Gasteiger partial charge in [-0.3, -0.25) is 4.39 Å². The Kier molecular flexibility index (Phi) is 5.64. The lowest BCUT2D eigenvalue weighted by atomic mass is 10.1. The SMILES string of the molecule is NC(=S)c1cccc(CS(=O)(=O)NCCCF)c1. The maximum Gasteiger partial charge on any atom is 0.215 e. The summed E-state index contributed by atoms with van der Waals surface area (Å²) in [5.74, 6) is -0.171. The molecule has 0 aliphatic carbocycles. The average Bonchev–Trinajstić information content (AvgIpc) is 2.28. The van der Waals surface area contributed by atoms with Gasteiger partial charge >= 0.3 is 0 Å². The summed E-state index contributed by atoms with van der Waals surface area (Å²) in [6.45, 7) is -0.437. The van der Waals surface area contributed by atoms with E-state index >= 15 is 0 Å². The molecular formula is C11H15FN2O2S2. The van der Waals surface area contributed by atoms with Gasteiger partial charge in [-0.2, -0.15) is 0 Å². The van der Waals surface area contributed by atoms with Crippen molar-refractivity contribution < 1.29 is 12.8 Å². The van der Waals surface area contributed by atoms with Crippen LogP contribution in [0.1, 0.15) is 17.5 Å². The van der Waals surface area contributed by atoms with E-state index in [-0.39, 0.29) is 23.7 Å². The first kappa shape index (κ1) is 15.0. The molecule has 1 rings (SSSR count). The molecule has 7 heteroatoms. The number of alkyl halides is 1. The van der Waals surface area contributed by atoms with E-state index in [1.54, 1.807) is 24.3 Å². The van der Waals surface area contributed by atoms with Crippen LogP contribution >= 0.6 is 12.2 Å². The number of rotatable bonds is 7. The summed E-state index contributed by atoms with van der Waals surface area (Å²) in [6.07, 6.45) is 0.173. The van der Waals surface area contributed by atoms with Gasteiger partial charge in [-0.1, -0.05) is 30.4 Å². The molecule has 0 spiro atoms. The highest BCUT2D eigenvalue weighted by atomic mass is 32.2. The van der Waals surface area contributed by atoms with Crippen molar-refractivity contribution in [1.29, 1.82) is 0 Å². The molecule has 0 aliphatic rings. The first-order valence-corrected chi connectivity index (χ1v) is 7.43. The Labute approximate surface area is 111 Å². The van der Waals surface area contributed by atoms with Crippen LogP contribution < -0.4 is 10.5 Å². The van der Waals surface area contributed by atoms with E-state index in [0.29, 0.717) is 11.1 Å². The van der Waals surface area contributed by atoms with Gasteiger partial charge in [0.2, 0.25) is 10.0 Å². The van der Waals surface area contributed by atoms with Gasteiger partial charge < -0.3 is 5.73 Å². The highest BCUT2D eigenvalue weighted by Crippen LogP contribution is 2.08. The monoisotopic (exact) mass is 290 g/mol. The van der Waals surface area contributed by atoms with Gasteiger partial charge in [0.1, 0.15) is 4.99 Å². The van der Waals surface area contributed by atoms with Crippen LogP contribution in [0, 0.1) is 0 Å². The van der Waals surface area contributed by atoms with E-state index in [2.05, 4.69) is 4.72 Å². The van der Waals surface area contributed by atoms with Crippen LogP contribution in [-0.2, 0) is 15.8 Å². The van der Waals surface area contributed by atoms with Gasteiger partial charge in [0, 0.05) is 12.1 Å². The zero-order chi connectivity index (χ0) is 13.6. The normalized spacial score (nSPS) is 11.4. The maximum atomic E-state index is 11.9. The topological polar surface area (TPSA) is 72.2 Å². The largest absolute Gasteiger partial charge is 0.389 e. The molecule has 100 valence electrons. The van der Waals surface area contributed by atoms with Gasteiger partial charge in [0.05, 0.1) is 12.4 Å². The Morgan fingerprint density at radius 3 is 2.78 bits per heavy atom. The van der Waals surface area contributed by atoms with Crippen molar-refractivity contribution in [2.24, 2.45) is 5.73 Å². The van der Waals surface area contributed by atoms with Crippen LogP contribution in [0.2, 0.25) is 0 Å². The summed E-state index contributed by atoms with van der Waals surface area (Å²) >= 11 is 4.82. The number of benzene rings is 1. The fraction of sp³-hybridized carbons (Fsp3) is 0.364. The predicted octanol–water partition coefficient (Wildman–Crippen LogP) is 1.10. The number of sulfonamides is 1. The molecule has 4 nitrogen and oxygen atoms in total. The van der Waals surface area contributed by atoms with Crippen molar-refractivity contribution in [2.75, 3.05) is 13.2 Å². The summed E-state index contributed by atoms with van der Waals surface area (Å²) in [5, 5.41) is 0. The lowest BCUT2D eigenvalue weighted by molar-refractivity contribution is 0.470. The summed E-state index contributed by atoms with van der Waals surface area (Å²) in [7, 11) is -3.45. The van der Waals surface area contributed by atoms with Crippen molar-refractivity contribution >= 4 is 27.2 Å². The van der Waals surface area contributed by atoms with E-state index < -0.39 is 16.7 Å². The first-order valence-electron chi connectivity index (χ1n) is 5.36. The molecule has 3 N–H and O–H groups in total. The minimum Gasteiger partial charge on any atom is -0.389 e. The molecule has 0 aliphatic heterocycles. The molecule has 0 aromatic heterocycles. The van der Waals surface area contributed by atoms with Gasteiger partial charge in [-0.25, -0.2) is 13.1 Å². The Morgan fingerprint density at radius 2 is 2.17 bits per heavy atom. The molecule has 0 fully saturated rings. The lowest BCUT2D eigenvalue weighted by Gasteiger charge is -2.07. The van der Waals surface area contributed by atoms with Crippen LogP contribution in [0.3, 0.4) is 0 Å². The summed E-state index contributed by atoms with van der Waals surface area (Å²) in [5.41, 5.74) is 6.69. The van der Waals surface area contributed by atoms with E-state index in [9.17, 15) is 12.8 Å². The quantitative estimate of drug-likeness (QED) is 0.582. The minimum absolute atomic E-state index is 0.105. The third-order valence-electron chi connectivity index (χ3n) is 2.20. The van der Waals surface area contributed by atoms with Crippen LogP contribution in [0.25, 0.3) is 0 Å². The number of thiocarbonyl (C=S) groups is 1. The molecule has 18 heavy (non-hydrogen) atoms. The predicted molar refractivity (Wildman–Crippen MR) is 73.5 cm³/mol. The van der Waals surface area contributed by atoms with Crippen LogP contribution in [-0.4, -0.2) is 26.6 Å². The number of nitrogens with two attached hydrogens (primary N) is 1. The second kappa shape index (κ2) is 6.77. The second-order valence-electron chi connectivity index (χ2n) is 3.76. The van der Waals surface area contributed by atoms with Crippen molar-refractivity contribution in [1.82, 2.24) is 4.72 Å². The molecule has 0 heterocycles. The van der Waals surface area contributed by atoms with E-state index in [1.807, 2.05) is 0 Å². The number of hydrogen-bond acceptors (Lipinski definition) is 3. The maximum absolute atomic E-state index is 11.9. The summed E-state index contributed by atoms with van der Waals surface area (Å²) < 4.78 is 37.5. The average molecular weight is 290 g/mol. The van der Waals surface area contributed by atoms with Crippen molar-refractivity contribution in [3.8, 4) is 0 Å². The molecule has 0 atom stereocenters. The number of hydrogen-bond donors (Lipinski definition) is 2. The third kappa shape index (κ3) is 5.07. The molecule has 1 aromatic carbocycles. The van der Waals surface area contributed by atoms with Crippen LogP contribution in [0.5, 0.6) is 0 Å².